The quantitative estimate of drug-likeness (QED) is 0.457. The highest BCUT2D eigenvalue weighted by Crippen LogP contribution is 2.22. The van der Waals surface area contributed by atoms with Crippen molar-refractivity contribution in [2.24, 2.45) is 7.05 Å². The minimum atomic E-state index is -0.530. The Kier molecular flexibility index (Phi) is 5.88. The molecule has 142 valence electrons. The summed E-state index contributed by atoms with van der Waals surface area (Å²) >= 11 is 1.07. The molecule has 0 amide bonds. The minimum absolute atomic E-state index is 0.137. The van der Waals surface area contributed by atoms with Crippen LogP contribution in [0.25, 0.3) is 10.2 Å². The Morgan fingerprint density at radius 3 is 2.59 bits per heavy atom. The normalized spacial score (nSPS) is 11.0. The Balaban J connectivity index is 1.95. The molecule has 0 fully saturated rings. The smallest absolute Gasteiger partial charge is 0.348 e. The summed E-state index contributed by atoms with van der Waals surface area (Å²) in [6.07, 6.45) is 0. The van der Waals surface area contributed by atoms with E-state index in [2.05, 4.69) is 0 Å². The van der Waals surface area contributed by atoms with E-state index in [1.165, 1.54) is 15.2 Å². The molecule has 27 heavy (non-hydrogen) atoms. The van der Waals surface area contributed by atoms with Gasteiger partial charge in [0, 0.05) is 13.7 Å². The third-order valence-corrected chi connectivity index (χ3v) is 5.25. The first-order valence-electron chi connectivity index (χ1n) is 8.55. The molecule has 0 spiro atoms. The summed E-state index contributed by atoms with van der Waals surface area (Å²) in [4.78, 5) is 38.4. The molecule has 0 aliphatic rings. The van der Waals surface area contributed by atoms with Gasteiger partial charge in [-0.15, -0.1) is 11.3 Å². The fourth-order valence-corrected chi connectivity index (χ4v) is 3.70. The van der Waals surface area contributed by atoms with Gasteiger partial charge in [-0.25, -0.2) is 9.59 Å². The number of hydrogen-bond donors (Lipinski definition) is 0. The van der Waals surface area contributed by atoms with Crippen LogP contribution in [0.3, 0.4) is 0 Å². The second kappa shape index (κ2) is 8.32. The van der Waals surface area contributed by atoms with E-state index in [1.54, 1.807) is 7.05 Å². The van der Waals surface area contributed by atoms with Gasteiger partial charge in [-0.2, -0.15) is 0 Å². The van der Waals surface area contributed by atoms with Crippen LogP contribution in [0.1, 0.15) is 22.2 Å². The molecule has 0 aliphatic carbocycles. The molecule has 3 aromatic rings. The number of carbonyl (C=O) groups is 1. The predicted octanol–water partition coefficient (Wildman–Crippen LogP) is 2.00. The van der Waals surface area contributed by atoms with Crippen LogP contribution in [0.2, 0.25) is 0 Å². The third kappa shape index (κ3) is 4.01. The number of nitrogens with zero attached hydrogens (tertiary/aromatic N) is 2. The van der Waals surface area contributed by atoms with Crippen LogP contribution in [0, 0.1) is 0 Å². The third-order valence-electron chi connectivity index (χ3n) is 4.06. The molecule has 0 radical (unpaired) electrons. The van der Waals surface area contributed by atoms with Gasteiger partial charge in [0.2, 0.25) is 0 Å². The number of esters is 1. The van der Waals surface area contributed by atoms with E-state index >= 15 is 0 Å². The molecule has 0 atom stereocenters. The van der Waals surface area contributed by atoms with Crippen molar-refractivity contribution >= 4 is 27.5 Å². The topological polar surface area (TPSA) is 79.5 Å². The van der Waals surface area contributed by atoms with E-state index in [-0.39, 0.29) is 18.0 Å². The number of thiophene rings is 1. The highest BCUT2D eigenvalue weighted by molar-refractivity contribution is 7.20. The first kappa shape index (κ1) is 19.1. The number of hydrogen-bond acceptors (Lipinski definition) is 6. The highest BCUT2D eigenvalue weighted by atomic mass is 32.1. The van der Waals surface area contributed by atoms with Crippen LogP contribution in [-0.2, 0) is 23.1 Å². The van der Waals surface area contributed by atoms with Gasteiger partial charge in [0.25, 0.3) is 5.56 Å². The highest BCUT2D eigenvalue weighted by Gasteiger charge is 2.18. The lowest BCUT2D eigenvalue weighted by Gasteiger charge is -2.08. The number of fused-ring (bicyclic) bond motifs is 1. The molecule has 0 aliphatic heterocycles. The van der Waals surface area contributed by atoms with Gasteiger partial charge in [-0.3, -0.25) is 13.9 Å². The molecule has 8 heteroatoms. The summed E-state index contributed by atoms with van der Waals surface area (Å²) in [5, 5.41) is 0.329. The number of rotatable bonds is 7. The van der Waals surface area contributed by atoms with Crippen LogP contribution in [0.5, 0.6) is 0 Å². The Bertz CT molecular complexity index is 1070. The van der Waals surface area contributed by atoms with Crippen molar-refractivity contribution in [3.05, 3.63) is 67.7 Å². The molecule has 0 unspecified atom stereocenters. The van der Waals surface area contributed by atoms with E-state index < -0.39 is 17.2 Å². The van der Waals surface area contributed by atoms with E-state index in [0.29, 0.717) is 23.4 Å². The van der Waals surface area contributed by atoms with Gasteiger partial charge < -0.3 is 9.47 Å². The van der Waals surface area contributed by atoms with Crippen molar-refractivity contribution in [2.45, 2.75) is 13.5 Å². The lowest BCUT2D eigenvalue weighted by molar-refractivity contribution is 0.0340. The molecule has 0 N–H and O–H groups in total. The second-order valence-electron chi connectivity index (χ2n) is 5.88. The first-order chi connectivity index (χ1) is 13.0. The zero-order valence-corrected chi connectivity index (χ0v) is 16.0. The summed E-state index contributed by atoms with van der Waals surface area (Å²) in [5.74, 6) is -0.530. The maximum absolute atomic E-state index is 12.8. The van der Waals surface area contributed by atoms with Crippen LogP contribution in [0.15, 0.2) is 46.0 Å². The number of benzene rings is 1. The molecule has 2 heterocycles. The maximum Gasteiger partial charge on any atom is 0.348 e. The van der Waals surface area contributed by atoms with Crippen LogP contribution >= 0.6 is 11.3 Å². The van der Waals surface area contributed by atoms with Gasteiger partial charge in [0.1, 0.15) is 16.3 Å². The van der Waals surface area contributed by atoms with Gasteiger partial charge in [0.05, 0.1) is 18.5 Å². The summed E-state index contributed by atoms with van der Waals surface area (Å²) in [5.41, 5.74) is 0.0119. The molecule has 1 aromatic carbocycles. The monoisotopic (exact) mass is 388 g/mol. The number of ether oxygens (including phenoxy) is 2. The summed E-state index contributed by atoms with van der Waals surface area (Å²) in [7, 11) is 1.59. The van der Waals surface area contributed by atoms with Gasteiger partial charge in [0.15, 0.2) is 0 Å². The molecule has 2 aromatic heterocycles. The lowest BCUT2D eigenvalue weighted by Crippen LogP contribution is -2.38. The average molecular weight is 388 g/mol. The zero-order chi connectivity index (χ0) is 19.4. The van der Waals surface area contributed by atoms with Crippen molar-refractivity contribution < 1.29 is 14.3 Å². The standard InChI is InChI=1S/C19H20N2O5S/c1-3-25-9-10-26-18(23)15-11-14-16(22)21(12-13-7-5-4-6-8-13)19(24)20(2)17(14)27-15/h4-8,11H,3,9-10,12H2,1-2H3. The van der Waals surface area contributed by atoms with E-state index in [0.717, 1.165) is 16.9 Å². The van der Waals surface area contributed by atoms with Gasteiger partial charge in [-0.1, -0.05) is 30.3 Å². The molecule has 0 saturated carbocycles. The molecule has 7 nitrogen and oxygen atoms in total. The molecule has 0 saturated heterocycles. The SMILES string of the molecule is CCOCCOC(=O)c1cc2c(=O)n(Cc3ccccc3)c(=O)n(C)c2s1. The van der Waals surface area contributed by atoms with Crippen molar-refractivity contribution in [2.75, 3.05) is 19.8 Å². The van der Waals surface area contributed by atoms with E-state index in [4.69, 9.17) is 9.47 Å². The fraction of sp³-hybridized carbons (Fsp3) is 0.316. The van der Waals surface area contributed by atoms with Gasteiger partial charge >= 0.3 is 11.7 Å². The summed E-state index contributed by atoms with van der Waals surface area (Å²) < 4.78 is 12.8. The second-order valence-corrected chi connectivity index (χ2v) is 6.91. The number of aromatic nitrogens is 2. The lowest BCUT2D eigenvalue weighted by atomic mass is 10.2. The Morgan fingerprint density at radius 1 is 1.15 bits per heavy atom. The van der Waals surface area contributed by atoms with Crippen LogP contribution in [0.4, 0.5) is 0 Å². The molecule has 3 rings (SSSR count). The Morgan fingerprint density at radius 2 is 1.89 bits per heavy atom. The largest absolute Gasteiger partial charge is 0.459 e. The van der Waals surface area contributed by atoms with Crippen LogP contribution < -0.4 is 11.2 Å². The van der Waals surface area contributed by atoms with Crippen LogP contribution in [-0.4, -0.2) is 34.9 Å². The van der Waals surface area contributed by atoms with Crippen molar-refractivity contribution in [3.8, 4) is 0 Å². The predicted molar refractivity (Wildman–Crippen MR) is 104 cm³/mol. The average Bonchev–Trinajstić information content (AvgIpc) is 3.13. The van der Waals surface area contributed by atoms with E-state index in [9.17, 15) is 14.4 Å². The Labute approximate surface area is 159 Å². The van der Waals surface area contributed by atoms with Crippen molar-refractivity contribution in [1.29, 1.82) is 0 Å². The van der Waals surface area contributed by atoms with Gasteiger partial charge in [-0.05, 0) is 18.6 Å². The fourth-order valence-electron chi connectivity index (χ4n) is 2.70. The van der Waals surface area contributed by atoms with Crippen molar-refractivity contribution in [1.82, 2.24) is 9.13 Å². The summed E-state index contributed by atoms with van der Waals surface area (Å²) in [6.45, 7) is 3.03. The van der Waals surface area contributed by atoms with Crippen molar-refractivity contribution in [3.63, 3.8) is 0 Å². The maximum atomic E-state index is 12.8. The number of carbonyl (C=O) groups excluding carboxylic acids is 1. The van der Waals surface area contributed by atoms with E-state index in [1.807, 2.05) is 37.3 Å². The molecular weight excluding hydrogens is 368 g/mol. The molecular formula is C19H20N2O5S. The Hall–Kier alpha value is -2.71. The molecule has 0 bridgehead atoms. The number of aryl methyl sites for hydroxylation is 1. The zero-order valence-electron chi connectivity index (χ0n) is 15.1. The minimum Gasteiger partial charge on any atom is -0.459 e. The first-order valence-corrected chi connectivity index (χ1v) is 9.36. The summed E-state index contributed by atoms with van der Waals surface area (Å²) in [6, 6.07) is 10.8.